The Kier molecular flexibility index (Phi) is 7.32. The van der Waals surface area contributed by atoms with Crippen LogP contribution in [0.5, 0.6) is 5.75 Å². The van der Waals surface area contributed by atoms with Crippen molar-refractivity contribution < 1.29 is 19.0 Å². The first-order chi connectivity index (χ1) is 8.72. The summed E-state index contributed by atoms with van der Waals surface area (Å²) in [6.45, 7) is 4.56. The fourth-order valence-corrected chi connectivity index (χ4v) is 1.34. The van der Waals surface area contributed by atoms with Gasteiger partial charge in [-0.05, 0) is 31.2 Å². The number of aliphatic hydroxyl groups is 1. The first-order valence-electron chi connectivity index (χ1n) is 6.07. The third-order valence-corrected chi connectivity index (χ3v) is 2.26. The SMILES string of the molecule is CCOCCNCC(O)COc1ccc(F)cc1. The van der Waals surface area contributed by atoms with Gasteiger partial charge < -0.3 is 19.9 Å². The second-order valence-corrected chi connectivity index (χ2v) is 3.82. The van der Waals surface area contributed by atoms with Crippen LogP contribution in [-0.4, -0.2) is 44.1 Å². The highest BCUT2D eigenvalue weighted by molar-refractivity contribution is 5.22. The van der Waals surface area contributed by atoms with Gasteiger partial charge >= 0.3 is 0 Å². The quantitative estimate of drug-likeness (QED) is 0.653. The number of hydrogen-bond donors (Lipinski definition) is 2. The van der Waals surface area contributed by atoms with Crippen molar-refractivity contribution in [3.05, 3.63) is 30.1 Å². The lowest BCUT2D eigenvalue weighted by molar-refractivity contribution is 0.100. The average molecular weight is 257 g/mol. The largest absolute Gasteiger partial charge is 0.491 e. The van der Waals surface area contributed by atoms with Crippen LogP contribution in [0.15, 0.2) is 24.3 Å². The molecule has 4 nitrogen and oxygen atoms in total. The molecule has 102 valence electrons. The van der Waals surface area contributed by atoms with Gasteiger partial charge in [0.05, 0.1) is 6.61 Å². The molecule has 1 aromatic carbocycles. The fourth-order valence-electron chi connectivity index (χ4n) is 1.34. The second kappa shape index (κ2) is 8.85. The summed E-state index contributed by atoms with van der Waals surface area (Å²) in [5.74, 6) is 0.241. The Morgan fingerprint density at radius 3 is 2.72 bits per heavy atom. The molecule has 0 aliphatic heterocycles. The van der Waals surface area contributed by atoms with E-state index in [9.17, 15) is 9.50 Å². The number of ether oxygens (including phenoxy) is 2. The topological polar surface area (TPSA) is 50.7 Å². The van der Waals surface area contributed by atoms with Crippen molar-refractivity contribution in [2.45, 2.75) is 13.0 Å². The van der Waals surface area contributed by atoms with E-state index in [4.69, 9.17) is 9.47 Å². The predicted octanol–water partition coefficient (Wildman–Crippen LogP) is 1.19. The molecule has 0 aliphatic carbocycles. The Bertz CT molecular complexity index is 319. The van der Waals surface area contributed by atoms with E-state index in [-0.39, 0.29) is 12.4 Å². The molecule has 0 aliphatic rings. The van der Waals surface area contributed by atoms with Crippen molar-refractivity contribution in [3.8, 4) is 5.75 Å². The lowest BCUT2D eigenvalue weighted by Gasteiger charge is -2.13. The first-order valence-corrected chi connectivity index (χ1v) is 6.07. The molecule has 1 atom stereocenters. The molecule has 0 fully saturated rings. The van der Waals surface area contributed by atoms with Gasteiger partial charge in [0, 0.05) is 19.7 Å². The van der Waals surface area contributed by atoms with Gasteiger partial charge in [-0.3, -0.25) is 0 Å². The van der Waals surface area contributed by atoms with E-state index in [0.717, 1.165) is 0 Å². The predicted molar refractivity (Wildman–Crippen MR) is 67.3 cm³/mol. The minimum absolute atomic E-state index is 0.174. The zero-order valence-electron chi connectivity index (χ0n) is 10.6. The molecule has 0 bridgehead atoms. The Balaban J connectivity index is 2.09. The minimum atomic E-state index is -0.600. The molecule has 0 saturated carbocycles. The summed E-state index contributed by atoms with van der Waals surface area (Å²) in [6, 6.07) is 5.71. The zero-order valence-corrected chi connectivity index (χ0v) is 10.6. The number of hydrogen-bond acceptors (Lipinski definition) is 4. The van der Waals surface area contributed by atoms with Gasteiger partial charge in [-0.2, -0.15) is 0 Å². The van der Waals surface area contributed by atoms with Gasteiger partial charge in [0.1, 0.15) is 24.3 Å². The number of nitrogens with one attached hydrogen (secondary N) is 1. The molecule has 18 heavy (non-hydrogen) atoms. The number of rotatable bonds is 9. The second-order valence-electron chi connectivity index (χ2n) is 3.82. The van der Waals surface area contributed by atoms with Crippen LogP contribution in [0, 0.1) is 5.82 Å². The Hall–Kier alpha value is -1.17. The fraction of sp³-hybridized carbons (Fsp3) is 0.538. The normalized spacial score (nSPS) is 12.4. The van der Waals surface area contributed by atoms with Crippen LogP contribution >= 0.6 is 0 Å². The summed E-state index contributed by atoms with van der Waals surface area (Å²) in [5.41, 5.74) is 0. The van der Waals surface area contributed by atoms with Gasteiger partial charge in [0.25, 0.3) is 0 Å². The van der Waals surface area contributed by atoms with E-state index in [1.54, 1.807) is 0 Å². The van der Waals surface area contributed by atoms with E-state index in [1.165, 1.54) is 24.3 Å². The molecule has 0 amide bonds. The molecule has 0 spiro atoms. The molecule has 0 radical (unpaired) electrons. The van der Waals surface area contributed by atoms with Gasteiger partial charge in [0.2, 0.25) is 0 Å². The lowest BCUT2D eigenvalue weighted by atomic mass is 10.3. The van der Waals surface area contributed by atoms with Crippen molar-refractivity contribution in [3.63, 3.8) is 0 Å². The van der Waals surface area contributed by atoms with Crippen molar-refractivity contribution in [1.29, 1.82) is 0 Å². The number of benzene rings is 1. The minimum Gasteiger partial charge on any atom is -0.491 e. The molecular weight excluding hydrogens is 237 g/mol. The maximum Gasteiger partial charge on any atom is 0.123 e. The molecule has 2 N–H and O–H groups in total. The highest BCUT2D eigenvalue weighted by Gasteiger charge is 2.04. The van der Waals surface area contributed by atoms with Crippen LogP contribution < -0.4 is 10.1 Å². The van der Waals surface area contributed by atoms with E-state index in [0.29, 0.717) is 32.1 Å². The van der Waals surface area contributed by atoms with Gasteiger partial charge in [-0.15, -0.1) is 0 Å². The standard InChI is InChI=1S/C13H20FNO3/c1-2-17-8-7-15-9-12(16)10-18-13-5-3-11(14)4-6-13/h3-6,12,15-16H,2,7-10H2,1H3. The molecule has 0 heterocycles. The summed E-state index contributed by atoms with van der Waals surface area (Å²) in [7, 11) is 0. The Morgan fingerprint density at radius 1 is 1.33 bits per heavy atom. The third kappa shape index (κ3) is 6.54. The van der Waals surface area contributed by atoms with Crippen molar-refractivity contribution >= 4 is 0 Å². The molecule has 5 heteroatoms. The number of aliphatic hydroxyl groups excluding tert-OH is 1. The van der Waals surface area contributed by atoms with Crippen molar-refractivity contribution in [1.82, 2.24) is 5.32 Å². The van der Waals surface area contributed by atoms with Crippen LogP contribution in [0.4, 0.5) is 4.39 Å². The molecule has 0 saturated heterocycles. The number of halogens is 1. The summed E-state index contributed by atoms with van der Waals surface area (Å²) >= 11 is 0. The third-order valence-electron chi connectivity index (χ3n) is 2.26. The monoisotopic (exact) mass is 257 g/mol. The molecule has 1 rings (SSSR count). The summed E-state index contributed by atoms with van der Waals surface area (Å²) < 4.78 is 23.1. The summed E-state index contributed by atoms with van der Waals surface area (Å²) in [4.78, 5) is 0. The maximum absolute atomic E-state index is 12.6. The van der Waals surface area contributed by atoms with Crippen LogP contribution in [0.3, 0.4) is 0 Å². The Labute approximate surface area is 107 Å². The van der Waals surface area contributed by atoms with Gasteiger partial charge in [0.15, 0.2) is 0 Å². The van der Waals surface area contributed by atoms with Crippen LogP contribution in [0.1, 0.15) is 6.92 Å². The highest BCUT2D eigenvalue weighted by atomic mass is 19.1. The Morgan fingerprint density at radius 2 is 2.06 bits per heavy atom. The average Bonchev–Trinajstić information content (AvgIpc) is 2.38. The van der Waals surface area contributed by atoms with Gasteiger partial charge in [-0.1, -0.05) is 0 Å². The van der Waals surface area contributed by atoms with Gasteiger partial charge in [-0.25, -0.2) is 4.39 Å². The van der Waals surface area contributed by atoms with Crippen LogP contribution in [0.2, 0.25) is 0 Å². The maximum atomic E-state index is 12.6. The van der Waals surface area contributed by atoms with E-state index in [2.05, 4.69) is 5.32 Å². The zero-order chi connectivity index (χ0) is 13.2. The first kappa shape index (κ1) is 14.9. The summed E-state index contributed by atoms with van der Waals surface area (Å²) in [6.07, 6.45) is -0.600. The van der Waals surface area contributed by atoms with Crippen molar-refractivity contribution in [2.75, 3.05) is 32.9 Å². The van der Waals surface area contributed by atoms with Crippen LogP contribution in [-0.2, 0) is 4.74 Å². The van der Waals surface area contributed by atoms with Crippen molar-refractivity contribution in [2.24, 2.45) is 0 Å². The van der Waals surface area contributed by atoms with Crippen LogP contribution in [0.25, 0.3) is 0 Å². The van der Waals surface area contributed by atoms with E-state index >= 15 is 0 Å². The highest BCUT2D eigenvalue weighted by Crippen LogP contribution is 2.10. The van der Waals surface area contributed by atoms with E-state index in [1.807, 2.05) is 6.92 Å². The molecule has 1 aromatic rings. The smallest absolute Gasteiger partial charge is 0.123 e. The lowest BCUT2D eigenvalue weighted by Crippen LogP contribution is -2.33. The molecular formula is C13H20FNO3. The molecule has 1 unspecified atom stereocenters. The van der Waals surface area contributed by atoms with E-state index < -0.39 is 6.10 Å². The summed E-state index contributed by atoms with van der Waals surface area (Å²) in [5, 5.41) is 12.7. The molecule has 0 aromatic heterocycles.